The Morgan fingerprint density at radius 1 is 1.45 bits per heavy atom. The monoisotopic (exact) mass is 319 g/mol. The highest BCUT2D eigenvalue weighted by Gasteiger charge is 2.44. The SMILES string of the molecule is COCC1(OC(=O)O)CC(c2cc(Cl)cc(Cl)c2)=NO1. The fraction of sp³-hybridized carbons (Fsp3) is 0.333. The van der Waals surface area contributed by atoms with Crippen molar-refractivity contribution in [3.8, 4) is 0 Å². The first kappa shape index (κ1) is 14.9. The van der Waals surface area contributed by atoms with Gasteiger partial charge in [-0.25, -0.2) is 4.79 Å². The summed E-state index contributed by atoms with van der Waals surface area (Å²) in [6, 6.07) is 4.89. The van der Waals surface area contributed by atoms with Crippen LogP contribution in [0, 0.1) is 0 Å². The van der Waals surface area contributed by atoms with Crippen molar-refractivity contribution in [1.82, 2.24) is 0 Å². The maximum Gasteiger partial charge on any atom is 0.509 e. The molecule has 0 fully saturated rings. The van der Waals surface area contributed by atoms with Crippen molar-refractivity contribution in [3.63, 3.8) is 0 Å². The second kappa shape index (κ2) is 5.87. The van der Waals surface area contributed by atoms with Crippen LogP contribution in [0.3, 0.4) is 0 Å². The number of oxime groups is 1. The van der Waals surface area contributed by atoms with Crippen molar-refractivity contribution in [2.75, 3.05) is 13.7 Å². The summed E-state index contributed by atoms with van der Waals surface area (Å²) in [5.41, 5.74) is 1.11. The van der Waals surface area contributed by atoms with Gasteiger partial charge in [0.2, 0.25) is 0 Å². The van der Waals surface area contributed by atoms with E-state index < -0.39 is 11.9 Å². The van der Waals surface area contributed by atoms with Gasteiger partial charge >= 0.3 is 11.9 Å². The van der Waals surface area contributed by atoms with Gasteiger partial charge in [-0.15, -0.1) is 0 Å². The zero-order valence-corrected chi connectivity index (χ0v) is 11.9. The van der Waals surface area contributed by atoms with Gasteiger partial charge in [-0.05, 0) is 18.2 Å². The molecule has 6 nitrogen and oxygen atoms in total. The van der Waals surface area contributed by atoms with Crippen molar-refractivity contribution in [1.29, 1.82) is 0 Å². The van der Waals surface area contributed by atoms with Crippen LogP contribution in [0.15, 0.2) is 23.4 Å². The average Bonchev–Trinajstić information content (AvgIpc) is 2.71. The zero-order valence-electron chi connectivity index (χ0n) is 10.4. The highest BCUT2D eigenvalue weighted by molar-refractivity contribution is 6.35. The summed E-state index contributed by atoms with van der Waals surface area (Å²) in [4.78, 5) is 15.8. The molecule has 0 saturated heterocycles. The zero-order chi connectivity index (χ0) is 14.8. The molecule has 0 aromatic heterocycles. The third-order valence-corrected chi connectivity index (χ3v) is 3.03. The minimum Gasteiger partial charge on any atom is -0.450 e. The Hall–Kier alpha value is -1.50. The Bertz CT molecular complexity index is 543. The standard InChI is InChI=1S/C12H11Cl2NO5/c1-18-6-12(19-11(16)17)5-10(15-20-12)7-2-8(13)4-9(14)3-7/h2-4H,5-6H2,1H3,(H,16,17). The number of nitrogens with zero attached hydrogens (tertiary/aromatic N) is 1. The topological polar surface area (TPSA) is 77.4 Å². The van der Waals surface area contributed by atoms with Crippen LogP contribution < -0.4 is 0 Å². The maximum atomic E-state index is 10.7. The number of ether oxygens (including phenoxy) is 2. The maximum absolute atomic E-state index is 10.7. The summed E-state index contributed by atoms with van der Waals surface area (Å²) in [7, 11) is 1.41. The molecule has 1 aliphatic heterocycles. The summed E-state index contributed by atoms with van der Waals surface area (Å²) >= 11 is 11.8. The van der Waals surface area contributed by atoms with E-state index in [9.17, 15) is 4.79 Å². The summed E-state index contributed by atoms with van der Waals surface area (Å²) in [6.45, 7) is -0.0827. The molecule has 1 aromatic carbocycles. The molecule has 0 radical (unpaired) electrons. The normalized spacial score (nSPS) is 21.2. The van der Waals surface area contributed by atoms with E-state index in [1.807, 2.05) is 0 Å². The lowest BCUT2D eigenvalue weighted by Gasteiger charge is -2.23. The Labute approximate surface area is 124 Å². The first-order chi connectivity index (χ1) is 9.44. The van der Waals surface area contributed by atoms with E-state index in [2.05, 4.69) is 5.16 Å². The summed E-state index contributed by atoms with van der Waals surface area (Å²) in [6.07, 6.45) is -1.37. The average molecular weight is 320 g/mol. The molecule has 1 N–H and O–H groups in total. The number of halogens is 2. The third-order valence-electron chi connectivity index (χ3n) is 2.59. The molecular formula is C12H11Cl2NO5. The number of carboxylic acid groups (broad SMARTS) is 1. The van der Waals surface area contributed by atoms with E-state index in [4.69, 9.17) is 42.6 Å². The predicted molar refractivity (Wildman–Crippen MR) is 72.4 cm³/mol. The van der Waals surface area contributed by atoms with Crippen molar-refractivity contribution in [2.45, 2.75) is 12.2 Å². The molecule has 20 heavy (non-hydrogen) atoms. The molecule has 108 valence electrons. The van der Waals surface area contributed by atoms with Crippen LogP contribution in [-0.4, -0.2) is 36.5 Å². The molecule has 0 spiro atoms. The molecule has 1 heterocycles. The molecule has 1 unspecified atom stereocenters. The lowest BCUT2D eigenvalue weighted by atomic mass is 10.0. The van der Waals surface area contributed by atoms with Gasteiger partial charge in [-0.3, -0.25) is 0 Å². The molecule has 0 aliphatic carbocycles. The van der Waals surface area contributed by atoms with Crippen molar-refractivity contribution in [3.05, 3.63) is 33.8 Å². The van der Waals surface area contributed by atoms with Gasteiger partial charge in [0.05, 0.1) is 12.1 Å². The number of rotatable bonds is 4. The van der Waals surface area contributed by atoms with Gasteiger partial charge in [0.15, 0.2) is 0 Å². The van der Waals surface area contributed by atoms with Crippen LogP contribution in [0.25, 0.3) is 0 Å². The van der Waals surface area contributed by atoms with Crippen LogP contribution in [0.1, 0.15) is 12.0 Å². The van der Waals surface area contributed by atoms with Crippen LogP contribution in [-0.2, 0) is 14.3 Å². The number of carbonyl (C=O) groups is 1. The van der Waals surface area contributed by atoms with Gasteiger partial charge in [-0.2, -0.15) is 0 Å². The van der Waals surface area contributed by atoms with E-state index in [0.29, 0.717) is 21.3 Å². The smallest absolute Gasteiger partial charge is 0.450 e. The fourth-order valence-corrected chi connectivity index (χ4v) is 2.40. The number of hydrogen-bond donors (Lipinski definition) is 1. The van der Waals surface area contributed by atoms with Crippen LogP contribution in [0.5, 0.6) is 0 Å². The molecule has 0 bridgehead atoms. The second-order valence-electron chi connectivity index (χ2n) is 4.18. The summed E-state index contributed by atoms with van der Waals surface area (Å²) < 4.78 is 9.66. The Morgan fingerprint density at radius 2 is 2.10 bits per heavy atom. The summed E-state index contributed by atoms with van der Waals surface area (Å²) in [5, 5.41) is 13.5. The van der Waals surface area contributed by atoms with E-state index >= 15 is 0 Å². The lowest BCUT2D eigenvalue weighted by Crippen LogP contribution is -2.39. The van der Waals surface area contributed by atoms with Gasteiger partial charge < -0.3 is 19.4 Å². The molecule has 8 heteroatoms. The van der Waals surface area contributed by atoms with Crippen molar-refractivity contribution in [2.24, 2.45) is 5.16 Å². The first-order valence-corrected chi connectivity index (χ1v) is 6.32. The van der Waals surface area contributed by atoms with Crippen molar-refractivity contribution < 1.29 is 24.2 Å². The van der Waals surface area contributed by atoms with E-state index in [-0.39, 0.29) is 13.0 Å². The Morgan fingerprint density at radius 3 is 2.65 bits per heavy atom. The minimum atomic E-state index is -1.48. The van der Waals surface area contributed by atoms with Crippen LogP contribution >= 0.6 is 23.2 Å². The predicted octanol–water partition coefficient (Wildman–Crippen LogP) is 3.16. The van der Waals surface area contributed by atoms with E-state index in [0.717, 1.165) is 0 Å². The van der Waals surface area contributed by atoms with Gasteiger partial charge in [-0.1, -0.05) is 28.4 Å². The molecule has 0 amide bonds. The van der Waals surface area contributed by atoms with Crippen LogP contribution in [0.4, 0.5) is 4.79 Å². The Balaban J connectivity index is 2.22. The molecule has 0 saturated carbocycles. The van der Waals surface area contributed by atoms with Gasteiger partial charge in [0, 0.05) is 22.7 Å². The quantitative estimate of drug-likeness (QED) is 0.862. The molecular weight excluding hydrogens is 309 g/mol. The highest BCUT2D eigenvalue weighted by atomic mass is 35.5. The number of hydrogen-bond acceptors (Lipinski definition) is 5. The second-order valence-corrected chi connectivity index (χ2v) is 5.05. The first-order valence-electron chi connectivity index (χ1n) is 5.56. The molecule has 2 rings (SSSR count). The highest BCUT2D eigenvalue weighted by Crippen LogP contribution is 2.30. The van der Waals surface area contributed by atoms with E-state index in [1.54, 1.807) is 18.2 Å². The Kier molecular flexibility index (Phi) is 4.37. The van der Waals surface area contributed by atoms with Crippen LogP contribution in [0.2, 0.25) is 10.0 Å². The summed E-state index contributed by atoms with van der Waals surface area (Å²) in [5.74, 6) is -1.48. The molecule has 1 aromatic rings. The van der Waals surface area contributed by atoms with Gasteiger partial charge in [0.1, 0.15) is 6.61 Å². The van der Waals surface area contributed by atoms with E-state index in [1.165, 1.54) is 7.11 Å². The molecule has 1 aliphatic rings. The third kappa shape index (κ3) is 3.33. The largest absolute Gasteiger partial charge is 0.509 e. The lowest BCUT2D eigenvalue weighted by molar-refractivity contribution is -0.218. The van der Waals surface area contributed by atoms with Gasteiger partial charge in [0.25, 0.3) is 0 Å². The number of methoxy groups -OCH3 is 1. The number of benzene rings is 1. The molecule has 1 atom stereocenters. The fourth-order valence-electron chi connectivity index (χ4n) is 1.87. The minimum absolute atomic E-state index is 0.0827. The van der Waals surface area contributed by atoms with Crippen molar-refractivity contribution >= 4 is 35.1 Å².